The van der Waals surface area contributed by atoms with Gasteiger partial charge in [0.1, 0.15) is 5.82 Å². The van der Waals surface area contributed by atoms with Gasteiger partial charge in [0.15, 0.2) is 0 Å². The summed E-state index contributed by atoms with van der Waals surface area (Å²) >= 11 is 0. The van der Waals surface area contributed by atoms with Crippen LogP contribution in [0, 0.1) is 5.82 Å². The molecule has 0 heterocycles. The van der Waals surface area contributed by atoms with Crippen molar-refractivity contribution in [3.8, 4) is 0 Å². The summed E-state index contributed by atoms with van der Waals surface area (Å²) in [7, 11) is -3.72. The average Bonchev–Trinajstić information content (AvgIpc) is 2.68. The molecule has 0 fully saturated rings. The molecule has 0 saturated carbocycles. The molecule has 0 aliphatic carbocycles. The first-order valence-corrected chi connectivity index (χ1v) is 9.83. The fourth-order valence-corrected chi connectivity index (χ4v) is 3.43. The lowest BCUT2D eigenvalue weighted by atomic mass is 10.2. The van der Waals surface area contributed by atoms with E-state index in [1.165, 1.54) is 42.5 Å². The van der Waals surface area contributed by atoms with Crippen LogP contribution in [0.3, 0.4) is 0 Å². The molecule has 0 atom stereocenters. The van der Waals surface area contributed by atoms with Crippen LogP contribution < -0.4 is 10.0 Å². The summed E-state index contributed by atoms with van der Waals surface area (Å²) in [5, 5.41) is 2.64. The van der Waals surface area contributed by atoms with Crippen molar-refractivity contribution in [2.45, 2.75) is 4.90 Å². The van der Waals surface area contributed by atoms with E-state index in [1.54, 1.807) is 48.5 Å². The van der Waals surface area contributed by atoms with Gasteiger partial charge >= 0.3 is 0 Å². The lowest BCUT2D eigenvalue weighted by Crippen LogP contribution is -2.13. The van der Waals surface area contributed by atoms with Crippen molar-refractivity contribution in [1.29, 1.82) is 0 Å². The van der Waals surface area contributed by atoms with E-state index in [-0.39, 0.29) is 16.6 Å². The number of amides is 1. The van der Waals surface area contributed by atoms with Crippen LogP contribution in [0.2, 0.25) is 0 Å². The number of anilines is 2. The summed E-state index contributed by atoms with van der Waals surface area (Å²) in [6.45, 7) is 0. The Morgan fingerprint density at radius 2 is 1.46 bits per heavy atom. The third-order valence-corrected chi connectivity index (χ3v) is 5.15. The van der Waals surface area contributed by atoms with Crippen molar-refractivity contribution in [3.05, 3.63) is 96.3 Å². The third-order valence-electron chi connectivity index (χ3n) is 3.76. The molecule has 0 aliphatic heterocycles. The molecule has 3 aromatic rings. The van der Waals surface area contributed by atoms with Crippen LogP contribution in [-0.2, 0) is 14.8 Å². The Labute approximate surface area is 162 Å². The molecule has 2 N–H and O–H groups in total. The zero-order valence-corrected chi connectivity index (χ0v) is 15.5. The fraction of sp³-hybridized carbons (Fsp3) is 0. The second-order valence-electron chi connectivity index (χ2n) is 5.87. The number of carbonyl (C=O) groups is 1. The molecule has 0 aromatic heterocycles. The molecule has 3 aromatic carbocycles. The van der Waals surface area contributed by atoms with E-state index in [2.05, 4.69) is 10.0 Å². The standard InChI is InChI=1S/C21H17FN2O3S/c22-17-9-6-16(7-10-17)8-15-21(25)23-18-11-13-20(14-12-18)28(26,27)24-19-4-2-1-3-5-19/h1-15,24H,(H,23,25)/b15-8+. The normalized spacial score (nSPS) is 11.3. The van der Waals surface area contributed by atoms with Crippen molar-refractivity contribution in [1.82, 2.24) is 0 Å². The SMILES string of the molecule is O=C(/C=C/c1ccc(F)cc1)Nc1ccc(S(=O)(=O)Nc2ccccc2)cc1. The number of hydrogen-bond donors (Lipinski definition) is 2. The molecule has 0 unspecified atom stereocenters. The van der Waals surface area contributed by atoms with Gasteiger partial charge in [0.05, 0.1) is 4.90 Å². The summed E-state index contributed by atoms with van der Waals surface area (Å²) in [6, 6.07) is 20.1. The second kappa shape index (κ2) is 8.49. The first-order valence-electron chi connectivity index (χ1n) is 8.35. The van der Waals surface area contributed by atoms with Crippen LogP contribution in [0.5, 0.6) is 0 Å². The second-order valence-corrected chi connectivity index (χ2v) is 7.55. The number of benzene rings is 3. The number of nitrogens with one attached hydrogen (secondary N) is 2. The van der Waals surface area contributed by atoms with Crippen molar-refractivity contribution < 1.29 is 17.6 Å². The Hall–Kier alpha value is -3.45. The first kappa shape index (κ1) is 19.3. The van der Waals surface area contributed by atoms with Crippen LogP contribution in [0.4, 0.5) is 15.8 Å². The van der Waals surface area contributed by atoms with E-state index >= 15 is 0 Å². The molecule has 0 aliphatic rings. The highest BCUT2D eigenvalue weighted by Crippen LogP contribution is 2.18. The molecule has 0 spiro atoms. The molecule has 0 saturated heterocycles. The predicted octanol–water partition coefficient (Wildman–Crippen LogP) is 4.28. The van der Waals surface area contributed by atoms with E-state index in [9.17, 15) is 17.6 Å². The van der Waals surface area contributed by atoms with Gasteiger partial charge in [-0.1, -0.05) is 30.3 Å². The van der Waals surface area contributed by atoms with Crippen molar-refractivity contribution in [3.63, 3.8) is 0 Å². The molecule has 0 radical (unpaired) electrons. The Morgan fingerprint density at radius 3 is 2.11 bits per heavy atom. The van der Waals surface area contributed by atoms with E-state index < -0.39 is 10.0 Å². The van der Waals surface area contributed by atoms with Crippen LogP contribution in [0.1, 0.15) is 5.56 Å². The van der Waals surface area contributed by atoms with E-state index in [1.807, 2.05) is 0 Å². The number of rotatable bonds is 6. The third kappa shape index (κ3) is 5.28. The van der Waals surface area contributed by atoms with Gasteiger partial charge < -0.3 is 5.32 Å². The summed E-state index contributed by atoms with van der Waals surface area (Å²) in [5.41, 5.74) is 1.60. The Balaban J connectivity index is 1.63. The van der Waals surface area contributed by atoms with Gasteiger partial charge in [-0.05, 0) is 60.2 Å². The minimum absolute atomic E-state index is 0.0798. The fourth-order valence-electron chi connectivity index (χ4n) is 2.37. The summed E-state index contributed by atoms with van der Waals surface area (Å²) in [6.07, 6.45) is 2.87. The van der Waals surface area contributed by atoms with Crippen molar-refractivity contribution in [2.75, 3.05) is 10.0 Å². The van der Waals surface area contributed by atoms with Crippen LogP contribution in [-0.4, -0.2) is 14.3 Å². The lowest BCUT2D eigenvalue weighted by molar-refractivity contribution is -0.111. The molecule has 142 valence electrons. The van der Waals surface area contributed by atoms with E-state index in [0.29, 0.717) is 16.9 Å². The molecule has 1 amide bonds. The van der Waals surface area contributed by atoms with Gasteiger partial charge in [-0.25, -0.2) is 12.8 Å². The zero-order valence-electron chi connectivity index (χ0n) is 14.7. The highest BCUT2D eigenvalue weighted by Gasteiger charge is 2.14. The number of halogens is 1. The summed E-state index contributed by atoms with van der Waals surface area (Å²) in [4.78, 5) is 12.1. The Kier molecular flexibility index (Phi) is 5.86. The quantitative estimate of drug-likeness (QED) is 0.611. The van der Waals surface area contributed by atoms with E-state index in [4.69, 9.17) is 0 Å². The Bertz CT molecular complexity index is 1080. The van der Waals surface area contributed by atoms with Crippen molar-refractivity contribution in [2.24, 2.45) is 0 Å². The summed E-state index contributed by atoms with van der Waals surface area (Å²) in [5.74, 6) is -0.735. The van der Waals surface area contributed by atoms with Gasteiger partial charge in [0.2, 0.25) is 5.91 Å². The first-order chi connectivity index (χ1) is 13.4. The van der Waals surface area contributed by atoms with Gasteiger partial charge in [-0.3, -0.25) is 9.52 Å². The van der Waals surface area contributed by atoms with Crippen LogP contribution in [0.15, 0.2) is 89.8 Å². The summed E-state index contributed by atoms with van der Waals surface area (Å²) < 4.78 is 40.1. The molecule has 28 heavy (non-hydrogen) atoms. The van der Waals surface area contributed by atoms with Crippen molar-refractivity contribution >= 4 is 33.4 Å². The van der Waals surface area contributed by atoms with Gasteiger partial charge in [-0.15, -0.1) is 0 Å². The maximum Gasteiger partial charge on any atom is 0.261 e. The van der Waals surface area contributed by atoms with Gasteiger partial charge in [-0.2, -0.15) is 0 Å². The molecule has 3 rings (SSSR count). The van der Waals surface area contributed by atoms with Crippen LogP contribution in [0.25, 0.3) is 6.08 Å². The molecule has 7 heteroatoms. The minimum Gasteiger partial charge on any atom is -0.323 e. The maximum absolute atomic E-state index is 12.9. The molecular formula is C21H17FN2O3S. The van der Waals surface area contributed by atoms with Crippen LogP contribution >= 0.6 is 0 Å². The molecule has 0 bridgehead atoms. The minimum atomic E-state index is -3.72. The number of carbonyl (C=O) groups excluding carboxylic acids is 1. The highest BCUT2D eigenvalue weighted by atomic mass is 32.2. The molecule has 5 nitrogen and oxygen atoms in total. The number of hydrogen-bond acceptors (Lipinski definition) is 3. The zero-order chi connectivity index (χ0) is 20.0. The van der Waals surface area contributed by atoms with E-state index in [0.717, 1.165) is 0 Å². The highest BCUT2D eigenvalue weighted by molar-refractivity contribution is 7.92. The predicted molar refractivity (Wildman–Crippen MR) is 108 cm³/mol. The monoisotopic (exact) mass is 396 g/mol. The maximum atomic E-state index is 12.9. The molecular weight excluding hydrogens is 379 g/mol. The largest absolute Gasteiger partial charge is 0.323 e. The number of sulfonamides is 1. The number of para-hydroxylation sites is 1. The lowest BCUT2D eigenvalue weighted by Gasteiger charge is -2.09. The Morgan fingerprint density at radius 1 is 0.821 bits per heavy atom. The van der Waals surface area contributed by atoms with Gasteiger partial charge in [0.25, 0.3) is 10.0 Å². The smallest absolute Gasteiger partial charge is 0.261 e. The average molecular weight is 396 g/mol. The topological polar surface area (TPSA) is 75.3 Å². The van der Waals surface area contributed by atoms with Gasteiger partial charge in [0, 0.05) is 17.5 Å².